The SMILES string of the molecule is CNCn1nc(CCC(C)(C)F)cc1/N=C(/C)N1C2CCCC1CC2. The summed E-state index contributed by atoms with van der Waals surface area (Å²) in [5.41, 5.74) is -0.256. The number of hydrogen-bond donors (Lipinski definition) is 1. The van der Waals surface area contributed by atoms with Gasteiger partial charge < -0.3 is 10.2 Å². The van der Waals surface area contributed by atoms with E-state index in [1.54, 1.807) is 13.8 Å². The molecule has 140 valence electrons. The van der Waals surface area contributed by atoms with E-state index >= 15 is 0 Å². The normalized spacial score (nSPS) is 24.2. The first kappa shape index (κ1) is 18.4. The number of fused-ring (bicyclic) bond motifs is 2. The van der Waals surface area contributed by atoms with Gasteiger partial charge in [0.05, 0.1) is 12.4 Å². The van der Waals surface area contributed by atoms with Gasteiger partial charge in [-0.2, -0.15) is 5.10 Å². The van der Waals surface area contributed by atoms with Gasteiger partial charge in [0.2, 0.25) is 0 Å². The zero-order chi connectivity index (χ0) is 18.0. The molecule has 3 heterocycles. The second kappa shape index (κ2) is 7.44. The monoisotopic (exact) mass is 349 g/mol. The van der Waals surface area contributed by atoms with Crippen LogP contribution in [-0.2, 0) is 13.1 Å². The molecule has 0 spiro atoms. The highest BCUT2D eigenvalue weighted by molar-refractivity contribution is 5.83. The van der Waals surface area contributed by atoms with Gasteiger partial charge >= 0.3 is 0 Å². The molecular weight excluding hydrogens is 317 g/mol. The van der Waals surface area contributed by atoms with Crippen molar-refractivity contribution in [2.45, 2.75) is 90.1 Å². The Balaban J connectivity index is 1.79. The molecule has 2 unspecified atom stereocenters. The van der Waals surface area contributed by atoms with Crippen LogP contribution in [-0.4, -0.2) is 45.3 Å². The van der Waals surface area contributed by atoms with Crippen molar-refractivity contribution in [3.05, 3.63) is 11.8 Å². The molecule has 1 aromatic rings. The number of alkyl halides is 1. The average Bonchev–Trinajstić information content (AvgIpc) is 3.03. The summed E-state index contributed by atoms with van der Waals surface area (Å²) in [7, 11) is 1.90. The van der Waals surface area contributed by atoms with Gasteiger partial charge in [-0.25, -0.2) is 14.1 Å². The molecule has 5 nitrogen and oxygen atoms in total. The minimum atomic E-state index is -1.17. The Labute approximate surface area is 150 Å². The molecule has 1 aromatic heterocycles. The maximum atomic E-state index is 13.8. The lowest BCUT2D eigenvalue weighted by molar-refractivity contribution is 0.201. The second-order valence-corrected chi connectivity index (χ2v) is 8.11. The van der Waals surface area contributed by atoms with Gasteiger partial charge in [-0.1, -0.05) is 0 Å². The zero-order valence-corrected chi connectivity index (χ0v) is 16.1. The third-order valence-electron chi connectivity index (χ3n) is 5.44. The van der Waals surface area contributed by atoms with Crippen molar-refractivity contribution in [1.82, 2.24) is 20.0 Å². The maximum Gasteiger partial charge on any atom is 0.154 e. The van der Waals surface area contributed by atoms with Crippen molar-refractivity contribution in [2.75, 3.05) is 7.05 Å². The molecule has 0 aliphatic carbocycles. The number of hydrogen-bond acceptors (Lipinski definition) is 3. The van der Waals surface area contributed by atoms with E-state index in [1.807, 2.05) is 17.8 Å². The summed E-state index contributed by atoms with van der Waals surface area (Å²) in [6.07, 6.45) is 7.62. The molecule has 3 rings (SSSR count). The maximum absolute atomic E-state index is 13.8. The van der Waals surface area contributed by atoms with Gasteiger partial charge in [-0.05, 0) is 72.8 Å². The number of aromatic nitrogens is 2. The summed E-state index contributed by atoms with van der Waals surface area (Å²) in [4.78, 5) is 7.45. The lowest BCUT2D eigenvalue weighted by atomic mass is 10.0. The number of halogens is 1. The molecule has 0 radical (unpaired) electrons. The Bertz CT molecular complexity index is 600. The summed E-state index contributed by atoms with van der Waals surface area (Å²) in [5, 5.41) is 7.75. The van der Waals surface area contributed by atoms with Gasteiger partial charge in [-0.3, -0.25) is 0 Å². The van der Waals surface area contributed by atoms with Crippen molar-refractivity contribution < 1.29 is 4.39 Å². The largest absolute Gasteiger partial charge is 0.354 e. The van der Waals surface area contributed by atoms with Crippen molar-refractivity contribution in [2.24, 2.45) is 4.99 Å². The highest BCUT2D eigenvalue weighted by atomic mass is 19.1. The topological polar surface area (TPSA) is 45.5 Å². The number of aliphatic imine (C=N–C) groups is 1. The Hall–Kier alpha value is -1.43. The van der Waals surface area contributed by atoms with E-state index < -0.39 is 5.67 Å². The van der Waals surface area contributed by atoms with Crippen LogP contribution in [0, 0.1) is 0 Å². The summed E-state index contributed by atoms with van der Waals surface area (Å²) < 4.78 is 15.7. The Morgan fingerprint density at radius 2 is 2.00 bits per heavy atom. The lowest BCUT2D eigenvalue weighted by Crippen LogP contribution is -2.42. The molecule has 25 heavy (non-hydrogen) atoms. The summed E-state index contributed by atoms with van der Waals surface area (Å²) in [6.45, 7) is 5.97. The zero-order valence-electron chi connectivity index (χ0n) is 16.1. The van der Waals surface area contributed by atoms with Crippen LogP contribution in [0.4, 0.5) is 10.2 Å². The fraction of sp³-hybridized carbons (Fsp3) is 0.789. The second-order valence-electron chi connectivity index (χ2n) is 8.11. The Kier molecular flexibility index (Phi) is 5.46. The molecule has 0 saturated carbocycles. The lowest BCUT2D eigenvalue weighted by Gasteiger charge is -2.36. The number of aryl methyl sites for hydroxylation is 1. The van der Waals surface area contributed by atoms with E-state index in [2.05, 4.69) is 22.2 Å². The van der Waals surface area contributed by atoms with E-state index in [-0.39, 0.29) is 0 Å². The summed E-state index contributed by atoms with van der Waals surface area (Å²) >= 11 is 0. The van der Waals surface area contributed by atoms with Gasteiger partial charge in [0.25, 0.3) is 0 Å². The summed E-state index contributed by atoms with van der Waals surface area (Å²) in [5.74, 6) is 1.96. The highest BCUT2D eigenvalue weighted by Gasteiger charge is 2.37. The van der Waals surface area contributed by atoms with Crippen molar-refractivity contribution in [3.8, 4) is 0 Å². The first-order chi connectivity index (χ1) is 11.9. The van der Waals surface area contributed by atoms with Crippen LogP contribution in [0.5, 0.6) is 0 Å². The van der Waals surface area contributed by atoms with Crippen LogP contribution in [0.15, 0.2) is 11.1 Å². The molecule has 2 atom stereocenters. The molecule has 6 heteroatoms. The predicted octanol–water partition coefficient (Wildman–Crippen LogP) is 3.81. The van der Waals surface area contributed by atoms with E-state index in [1.165, 1.54) is 32.1 Å². The van der Waals surface area contributed by atoms with Gasteiger partial charge in [0, 0.05) is 18.2 Å². The first-order valence-corrected chi connectivity index (χ1v) is 9.61. The fourth-order valence-electron chi connectivity index (χ4n) is 4.23. The number of rotatable bonds is 6. The smallest absolute Gasteiger partial charge is 0.154 e. The van der Waals surface area contributed by atoms with Crippen molar-refractivity contribution in [3.63, 3.8) is 0 Å². The van der Waals surface area contributed by atoms with E-state index in [0.717, 1.165) is 17.3 Å². The van der Waals surface area contributed by atoms with E-state index in [0.29, 0.717) is 31.6 Å². The van der Waals surface area contributed by atoms with Crippen LogP contribution in [0.25, 0.3) is 0 Å². The van der Waals surface area contributed by atoms with Crippen LogP contribution in [0.1, 0.15) is 65.0 Å². The van der Waals surface area contributed by atoms with Crippen LogP contribution < -0.4 is 5.32 Å². The van der Waals surface area contributed by atoms with Gasteiger partial charge in [0.1, 0.15) is 11.5 Å². The van der Waals surface area contributed by atoms with E-state index in [4.69, 9.17) is 4.99 Å². The Morgan fingerprint density at radius 1 is 1.32 bits per heavy atom. The number of nitrogens with zero attached hydrogens (tertiary/aromatic N) is 4. The van der Waals surface area contributed by atoms with Crippen molar-refractivity contribution in [1.29, 1.82) is 0 Å². The highest BCUT2D eigenvalue weighted by Crippen LogP contribution is 2.36. The first-order valence-electron chi connectivity index (χ1n) is 9.61. The molecular formula is C19H32FN5. The fourth-order valence-corrected chi connectivity index (χ4v) is 4.23. The van der Waals surface area contributed by atoms with Gasteiger partial charge in [0.15, 0.2) is 5.82 Å². The molecule has 2 aliphatic rings. The predicted molar refractivity (Wildman–Crippen MR) is 100 cm³/mol. The van der Waals surface area contributed by atoms with Crippen LogP contribution in [0.3, 0.4) is 0 Å². The minimum absolute atomic E-state index is 0.474. The molecule has 2 aliphatic heterocycles. The summed E-state index contributed by atoms with van der Waals surface area (Å²) in [6, 6.07) is 3.34. The minimum Gasteiger partial charge on any atom is -0.354 e. The van der Waals surface area contributed by atoms with Crippen molar-refractivity contribution >= 4 is 11.7 Å². The van der Waals surface area contributed by atoms with E-state index in [9.17, 15) is 4.39 Å². The molecule has 0 aromatic carbocycles. The van der Waals surface area contributed by atoms with Crippen LogP contribution >= 0.6 is 0 Å². The molecule has 0 amide bonds. The third-order valence-corrected chi connectivity index (χ3v) is 5.44. The Morgan fingerprint density at radius 3 is 2.60 bits per heavy atom. The standard InChI is InChI=1S/C19H32FN5/c1-14(25-16-6-5-7-17(25)9-8-16)22-18-12-15(10-11-19(2,3)20)23-24(18)13-21-4/h12,16-17,21H,5-11,13H2,1-4H3/b22-14-. The molecule has 2 saturated heterocycles. The van der Waals surface area contributed by atoms with Gasteiger partial charge in [-0.15, -0.1) is 0 Å². The van der Waals surface area contributed by atoms with Crippen LogP contribution in [0.2, 0.25) is 0 Å². The molecule has 2 fully saturated rings. The average molecular weight is 349 g/mol. The quantitative estimate of drug-likeness (QED) is 0.627. The third kappa shape index (κ3) is 4.40. The number of piperidine rings is 1. The molecule has 1 N–H and O–H groups in total. The number of nitrogens with one attached hydrogen (secondary N) is 1. The molecule has 2 bridgehead atoms. The number of amidine groups is 1.